The molecular formula is C16H20FN5O2S. The molecule has 0 unspecified atom stereocenters. The summed E-state index contributed by atoms with van der Waals surface area (Å²) < 4.78 is 41.5. The maximum Gasteiger partial charge on any atom is 0.265 e. The summed E-state index contributed by atoms with van der Waals surface area (Å²) in [6.07, 6.45) is 2.78. The second-order valence-electron chi connectivity index (χ2n) is 6.01. The number of benzene rings is 1. The predicted molar refractivity (Wildman–Crippen MR) is 93.8 cm³/mol. The van der Waals surface area contributed by atoms with E-state index in [1.165, 1.54) is 18.5 Å². The molecule has 3 rings (SSSR count). The molecule has 1 fully saturated rings. The summed E-state index contributed by atoms with van der Waals surface area (Å²) in [5.74, 6) is -0.231. The average molecular weight is 365 g/mol. The van der Waals surface area contributed by atoms with Gasteiger partial charge in [-0.2, -0.15) is 0 Å². The van der Waals surface area contributed by atoms with E-state index in [1.807, 2.05) is 4.90 Å². The highest BCUT2D eigenvalue weighted by molar-refractivity contribution is 7.92. The number of halogens is 1. The van der Waals surface area contributed by atoms with E-state index in [9.17, 15) is 12.8 Å². The normalized spacial score (nSPS) is 15.2. The minimum absolute atomic E-state index is 0.193. The minimum atomic E-state index is -4.06. The molecule has 0 amide bonds. The third-order valence-corrected chi connectivity index (χ3v) is 5.49. The molecule has 1 aliphatic rings. The van der Waals surface area contributed by atoms with Crippen LogP contribution in [0.4, 0.5) is 16.0 Å². The van der Waals surface area contributed by atoms with Gasteiger partial charge in [0.1, 0.15) is 10.7 Å². The zero-order chi connectivity index (χ0) is 18.0. The Morgan fingerprint density at radius 3 is 2.40 bits per heavy atom. The maximum absolute atomic E-state index is 14.2. The Balaban J connectivity index is 1.82. The summed E-state index contributed by atoms with van der Waals surface area (Å²) in [4.78, 5) is 10.1. The summed E-state index contributed by atoms with van der Waals surface area (Å²) in [5, 5.41) is 3.24. The van der Waals surface area contributed by atoms with Crippen LogP contribution in [0.1, 0.15) is 11.1 Å². The van der Waals surface area contributed by atoms with Gasteiger partial charge in [-0.05, 0) is 31.0 Å². The van der Waals surface area contributed by atoms with Crippen LogP contribution in [0.2, 0.25) is 0 Å². The molecule has 0 bridgehead atoms. The summed E-state index contributed by atoms with van der Waals surface area (Å²) >= 11 is 0. The van der Waals surface area contributed by atoms with Crippen LogP contribution in [-0.4, -0.2) is 44.6 Å². The number of hydrogen-bond acceptors (Lipinski definition) is 6. The molecule has 1 aliphatic heterocycles. The lowest BCUT2D eigenvalue weighted by atomic mass is 10.1. The van der Waals surface area contributed by atoms with Crippen molar-refractivity contribution in [2.75, 3.05) is 35.8 Å². The van der Waals surface area contributed by atoms with Crippen molar-refractivity contribution in [1.29, 1.82) is 0 Å². The second kappa shape index (κ2) is 6.93. The highest BCUT2D eigenvalue weighted by atomic mass is 32.2. The number of anilines is 2. The average Bonchev–Trinajstić information content (AvgIpc) is 2.54. The SMILES string of the molecule is Cc1cc(C)c(S(=O)(=O)Nc2cnc(N3CCNCC3)nc2)c(F)c1. The molecule has 0 saturated carbocycles. The first kappa shape index (κ1) is 17.6. The molecule has 134 valence electrons. The Hall–Kier alpha value is -2.26. The quantitative estimate of drug-likeness (QED) is 0.853. The Morgan fingerprint density at radius 1 is 1.16 bits per heavy atom. The van der Waals surface area contributed by atoms with E-state index in [4.69, 9.17) is 0 Å². The monoisotopic (exact) mass is 365 g/mol. The zero-order valence-corrected chi connectivity index (χ0v) is 14.9. The van der Waals surface area contributed by atoms with Crippen LogP contribution in [0.15, 0.2) is 29.4 Å². The molecule has 2 N–H and O–H groups in total. The fraction of sp³-hybridized carbons (Fsp3) is 0.375. The third kappa shape index (κ3) is 3.88. The largest absolute Gasteiger partial charge is 0.338 e. The molecule has 2 heterocycles. The van der Waals surface area contributed by atoms with Gasteiger partial charge in [0.05, 0.1) is 18.1 Å². The maximum atomic E-state index is 14.2. The van der Waals surface area contributed by atoms with Crippen molar-refractivity contribution in [2.24, 2.45) is 0 Å². The van der Waals surface area contributed by atoms with Gasteiger partial charge in [-0.3, -0.25) is 4.72 Å². The zero-order valence-electron chi connectivity index (χ0n) is 14.1. The Bertz CT molecular complexity index is 842. The molecule has 25 heavy (non-hydrogen) atoms. The molecule has 0 aliphatic carbocycles. The van der Waals surface area contributed by atoms with Crippen LogP contribution in [0.5, 0.6) is 0 Å². The lowest BCUT2D eigenvalue weighted by Gasteiger charge is -2.27. The van der Waals surface area contributed by atoms with Gasteiger partial charge in [-0.15, -0.1) is 0 Å². The standard InChI is InChI=1S/C16H20FN5O2S/c1-11-7-12(2)15(14(17)8-11)25(23,24)21-13-9-19-16(20-10-13)22-5-3-18-4-6-22/h7-10,18,21H,3-6H2,1-2H3. The van der Waals surface area contributed by atoms with Crippen molar-refractivity contribution >= 4 is 21.7 Å². The van der Waals surface area contributed by atoms with Gasteiger partial charge >= 0.3 is 0 Å². The Kier molecular flexibility index (Phi) is 4.87. The number of nitrogens with zero attached hydrogens (tertiary/aromatic N) is 3. The van der Waals surface area contributed by atoms with Gasteiger partial charge in [-0.25, -0.2) is 22.8 Å². The van der Waals surface area contributed by atoms with Crippen LogP contribution in [0.3, 0.4) is 0 Å². The molecule has 2 aromatic rings. The molecule has 9 heteroatoms. The van der Waals surface area contributed by atoms with Crippen LogP contribution in [-0.2, 0) is 10.0 Å². The fourth-order valence-corrected chi connectivity index (χ4v) is 4.17. The molecule has 7 nitrogen and oxygen atoms in total. The van der Waals surface area contributed by atoms with E-state index in [1.54, 1.807) is 19.9 Å². The summed E-state index contributed by atoms with van der Waals surface area (Å²) in [5.41, 5.74) is 1.21. The van der Waals surface area contributed by atoms with Crippen molar-refractivity contribution in [3.63, 3.8) is 0 Å². The van der Waals surface area contributed by atoms with E-state index in [0.717, 1.165) is 26.2 Å². The highest BCUT2D eigenvalue weighted by Crippen LogP contribution is 2.23. The van der Waals surface area contributed by atoms with Crippen LogP contribution in [0, 0.1) is 19.7 Å². The molecule has 0 atom stereocenters. The first-order chi connectivity index (χ1) is 11.9. The van der Waals surface area contributed by atoms with E-state index in [2.05, 4.69) is 20.0 Å². The van der Waals surface area contributed by atoms with Crippen molar-refractivity contribution in [1.82, 2.24) is 15.3 Å². The van der Waals surface area contributed by atoms with Crippen LogP contribution in [0.25, 0.3) is 0 Å². The number of rotatable bonds is 4. The van der Waals surface area contributed by atoms with Crippen LogP contribution < -0.4 is 14.9 Å². The van der Waals surface area contributed by atoms with Crippen molar-refractivity contribution in [3.8, 4) is 0 Å². The lowest BCUT2D eigenvalue weighted by molar-refractivity contribution is 0.567. The lowest BCUT2D eigenvalue weighted by Crippen LogP contribution is -2.44. The summed E-state index contributed by atoms with van der Waals surface area (Å²) in [6.45, 7) is 6.56. The first-order valence-electron chi connectivity index (χ1n) is 7.94. The third-order valence-electron chi connectivity index (χ3n) is 3.93. The minimum Gasteiger partial charge on any atom is -0.338 e. The summed E-state index contributed by atoms with van der Waals surface area (Å²) in [7, 11) is -4.06. The molecule has 1 aromatic carbocycles. The molecule has 0 spiro atoms. The summed E-state index contributed by atoms with van der Waals surface area (Å²) in [6, 6.07) is 2.83. The number of sulfonamides is 1. The Labute approximate surface area is 146 Å². The van der Waals surface area contributed by atoms with E-state index in [0.29, 0.717) is 17.1 Å². The number of aromatic nitrogens is 2. The smallest absolute Gasteiger partial charge is 0.265 e. The van der Waals surface area contributed by atoms with E-state index in [-0.39, 0.29) is 10.6 Å². The number of aryl methyl sites for hydroxylation is 2. The number of hydrogen-bond donors (Lipinski definition) is 2. The molecule has 1 aromatic heterocycles. The fourth-order valence-electron chi connectivity index (χ4n) is 2.85. The van der Waals surface area contributed by atoms with Gasteiger partial charge in [0.25, 0.3) is 10.0 Å². The topological polar surface area (TPSA) is 87.2 Å². The van der Waals surface area contributed by atoms with Gasteiger partial charge in [0, 0.05) is 26.2 Å². The van der Waals surface area contributed by atoms with Gasteiger partial charge in [0.15, 0.2) is 0 Å². The van der Waals surface area contributed by atoms with Crippen molar-refractivity contribution in [3.05, 3.63) is 41.5 Å². The number of nitrogens with one attached hydrogen (secondary N) is 2. The molecule has 0 radical (unpaired) electrons. The second-order valence-corrected chi connectivity index (χ2v) is 7.63. The highest BCUT2D eigenvalue weighted by Gasteiger charge is 2.23. The van der Waals surface area contributed by atoms with E-state index >= 15 is 0 Å². The van der Waals surface area contributed by atoms with Gasteiger partial charge < -0.3 is 10.2 Å². The van der Waals surface area contributed by atoms with Crippen molar-refractivity contribution in [2.45, 2.75) is 18.7 Å². The van der Waals surface area contributed by atoms with E-state index < -0.39 is 15.8 Å². The molecule has 1 saturated heterocycles. The molecular weight excluding hydrogens is 345 g/mol. The van der Waals surface area contributed by atoms with Gasteiger partial charge in [0.2, 0.25) is 5.95 Å². The van der Waals surface area contributed by atoms with Crippen LogP contribution >= 0.6 is 0 Å². The van der Waals surface area contributed by atoms with Gasteiger partial charge in [-0.1, -0.05) is 6.07 Å². The number of piperazine rings is 1. The predicted octanol–water partition coefficient (Wildman–Crippen LogP) is 1.44. The first-order valence-corrected chi connectivity index (χ1v) is 9.42. The Morgan fingerprint density at radius 2 is 1.80 bits per heavy atom. The van der Waals surface area contributed by atoms with Crippen molar-refractivity contribution < 1.29 is 12.8 Å².